The van der Waals surface area contributed by atoms with E-state index in [1.165, 1.54) is 11.3 Å². The Hall–Kier alpha value is -1.95. The van der Waals surface area contributed by atoms with Gasteiger partial charge >= 0.3 is 0 Å². The number of H-pyrrole nitrogens is 1. The van der Waals surface area contributed by atoms with Crippen LogP contribution in [0.25, 0.3) is 0 Å². The van der Waals surface area contributed by atoms with Gasteiger partial charge in [-0.1, -0.05) is 0 Å². The van der Waals surface area contributed by atoms with Gasteiger partial charge in [-0.05, 0) is 42.8 Å². The maximum Gasteiger partial charge on any atom is 0.227 e. The molecule has 1 saturated heterocycles. The van der Waals surface area contributed by atoms with Gasteiger partial charge in [0, 0.05) is 30.9 Å². The normalized spacial score (nSPS) is 18.4. The topological polar surface area (TPSA) is 66.1 Å². The number of rotatable bonds is 4. The molecule has 0 aromatic carbocycles. The Labute approximate surface area is 133 Å². The number of thiophene rings is 1. The molecular weight excluding hydrogens is 298 g/mol. The van der Waals surface area contributed by atoms with Crippen LogP contribution in [0, 0.1) is 0 Å². The highest BCUT2D eigenvalue weighted by Crippen LogP contribution is 2.26. The third kappa shape index (κ3) is 3.27. The minimum Gasteiger partial charge on any atom is -0.342 e. The van der Waals surface area contributed by atoms with Crippen molar-refractivity contribution in [3.05, 3.63) is 39.8 Å². The molecule has 1 N–H and O–H groups in total. The number of aromatic amines is 1. The van der Waals surface area contributed by atoms with Gasteiger partial charge in [0.15, 0.2) is 5.78 Å². The summed E-state index contributed by atoms with van der Waals surface area (Å²) in [5.41, 5.74) is 2.04. The predicted molar refractivity (Wildman–Crippen MR) is 85.2 cm³/mol. The summed E-state index contributed by atoms with van der Waals surface area (Å²) in [4.78, 5) is 26.5. The van der Waals surface area contributed by atoms with E-state index in [0.29, 0.717) is 12.3 Å². The van der Waals surface area contributed by atoms with Gasteiger partial charge in [0.25, 0.3) is 0 Å². The number of nitrogens with one attached hydrogen (secondary N) is 1. The highest BCUT2D eigenvalue weighted by Gasteiger charge is 2.25. The van der Waals surface area contributed by atoms with Crippen LogP contribution in [-0.2, 0) is 11.2 Å². The fraction of sp³-hybridized carbons (Fsp3) is 0.438. The Kier molecular flexibility index (Phi) is 4.38. The first-order valence-electron chi connectivity index (χ1n) is 7.49. The zero-order valence-electron chi connectivity index (χ0n) is 12.5. The van der Waals surface area contributed by atoms with Gasteiger partial charge in [0.05, 0.1) is 11.3 Å². The van der Waals surface area contributed by atoms with E-state index in [4.69, 9.17) is 0 Å². The summed E-state index contributed by atoms with van der Waals surface area (Å²) >= 11 is 1.41. The molecule has 22 heavy (non-hydrogen) atoms. The number of aromatic nitrogens is 2. The van der Waals surface area contributed by atoms with Crippen LogP contribution < -0.4 is 0 Å². The Morgan fingerprint density at radius 1 is 1.50 bits per heavy atom. The van der Waals surface area contributed by atoms with Gasteiger partial charge in [-0.2, -0.15) is 5.10 Å². The van der Waals surface area contributed by atoms with E-state index >= 15 is 0 Å². The molecule has 0 aliphatic carbocycles. The molecule has 2 aromatic heterocycles. The number of ketones is 1. The van der Waals surface area contributed by atoms with Gasteiger partial charge < -0.3 is 4.90 Å². The number of hydrogen-bond donors (Lipinski definition) is 1. The van der Waals surface area contributed by atoms with Crippen molar-refractivity contribution in [3.63, 3.8) is 0 Å². The SMILES string of the molecule is CC(=O)c1cc(CC(=O)N2CCCC(c3ccn[nH]3)C2)cs1. The molecule has 6 heteroatoms. The molecule has 3 heterocycles. The average molecular weight is 317 g/mol. The molecular formula is C16H19N3O2S. The van der Waals surface area contributed by atoms with Crippen LogP contribution in [0.3, 0.4) is 0 Å². The zero-order valence-corrected chi connectivity index (χ0v) is 13.4. The lowest BCUT2D eigenvalue weighted by Crippen LogP contribution is -2.40. The average Bonchev–Trinajstić information content (AvgIpc) is 3.19. The first-order chi connectivity index (χ1) is 10.6. The van der Waals surface area contributed by atoms with Crippen molar-refractivity contribution in [1.82, 2.24) is 15.1 Å². The predicted octanol–water partition coefficient (Wildman–Crippen LogP) is 2.62. The molecule has 1 aliphatic rings. The summed E-state index contributed by atoms with van der Waals surface area (Å²) in [5, 5.41) is 8.91. The molecule has 0 spiro atoms. The number of Topliss-reactive ketones (excluding diaryl/α,β-unsaturated/α-hetero) is 1. The molecule has 2 aromatic rings. The number of carbonyl (C=O) groups excluding carboxylic acids is 2. The minimum absolute atomic E-state index is 0.0565. The van der Waals surface area contributed by atoms with Gasteiger partial charge in [-0.25, -0.2) is 0 Å². The van der Waals surface area contributed by atoms with E-state index in [0.717, 1.165) is 42.1 Å². The molecule has 1 fully saturated rings. The van der Waals surface area contributed by atoms with Gasteiger partial charge in [-0.15, -0.1) is 11.3 Å². The largest absolute Gasteiger partial charge is 0.342 e. The van der Waals surface area contributed by atoms with Crippen LogP contribution in [0.4, 0.5) is 0 Å². The van der Waals surface area contributed by atoms with Crippen LogP contribution in [0.15, 0.2) is 23.7 Å². The second kappa shape index (κ2) is 6.44. The zero-order chi connectivity index (χ0) is 15.5. The summed E-state index contributed by atoms with van der Waals surface area (Å²) in [6, 6.07) is 3.82. The van der Waals surface area contributed by atoms with Crippen molar-refractivity contribution in [2.45, 2.75) is 32.1 Å². The molecule has 1 atom stereocenters. The lowest BCUT2D eigenvalue weighted by Gasteiger charge is -2.32. The van der Waals surface area contributed by atoms with Crippen LogP contribution in [0.5, 0.6) is 0 Å². The van der Waals surface area contributed by atoms with Crippen molar-refractivity contribution in [2.75, 3.05) is 13.1 Å². The minimum atomic E-state index is 0.0565. The van der Waals surface area contributed by atoms with E-state index in [1.807, 2.05) is 22.4 Å². The van der Waals surface area contributed by atoms with Crippen LogP contribution in [0.1, 0.15) is 46.6 Å². The third-order valence-corrected chi connectivity index (χ3v) is 5.17. The van der Waals surface area contributed by atoms with Crippen molar-refractivity contribution < 1.29 is 9.59 Å². The Morgan fingerprint density at radius 2 is 2.36 bits per heavy atom. The quantitative estimate of drug-likeness (QED) is 0.882. The first-order valence-corrected chi connectivity index (χ1v) is 8.37. The first kappa shape index (κ1) is 15.0. The lowest BCUT2D eigenvalue weighted by molar-refractivity contribution is -0.131. The van der Waals surface area contributed by atoms with Crippen LogP contribution >= 0.6 is 11.3 Å². The molecule has 5 nitrogen and oxygen atoms in total. The second-order valence-electron chi connectivity index (χ2n) is 5.74. The molecule has 1 unspecified atom stereocenters. The highest BCUT2D eigenvalue weighted by molar-refractivity contribution is 7.12. The van der Waals surface area contributed by atoms with Gasteiger partial charge in [-0.3, -0.25) is 14.7 Å². The van der Waals surface area contributed by atoms with E-state index in [9.17, 15) is 9.59 Å². The van der Waals surface area contributed by atoms with Crippen molar-refractivity contribution in [3.8, 4) is 0 Å². The molecule has 0 saturated carbocycles. The number of hydrogen-bond acceptors (Lipinski definition) is 4. The van der Waals surface area contributed by atoms with E-state index < -0.39 is 0 Å². The number of piperidine rings is 1. The Bertz CT molecular complexity index is 663. The monoisotopic (exact) mass is 317 g/mol. The summed E-state index contributed by atoms with van der Waals surface area (Å²) in [5.74, 6) is 0.536. The standard InChI is InChI=1S/C16H19N3O2S/c1-11(20)15-7-12(10-22-15)8-16(21)19-6-2-3-13(9-19)14-4-5-17-18-14/h4-5,7,10,13H,2-3,6,8-9H2,1H3,(H,17,18). The fourth-order valence-electron chi connectivity index (χ4n) is 2.89. The van der Waals surface area contributed by atoms with Crippen LogP contribution in [0.2, 0.25) is 0 Å². The lowest BCUT2D eigenvalue weighted by atomic mass is 9.94. The Balaban J connectivity index is 1.62. The molecule has 0 radical (unpaired) electrons. The highest BCUT2D eigenvalue weighted by atomic mass is 32.1. The molecule has 0 bridgehead atoms. The smallest absolute Gasteiger partial charge is 0.227 e. The van der Waals surface area contributed by atoms with Crippen molar-refractivity contribution in [2.24, 2.45) is 0 Å². The van der Waals surface area contributed by atoms with Crippen molar-refractivity contribution >= 4 is 23.0 Å². The third-order valence-electron chi connectivity index (χ3n) is 4.09. The maximum absolute atomic E-state index is 12.5. The molecule has 1 aliphatic heterocycles. The van der Waals surface area contributed by atoms with Crippen LogP contribution in [-0.4, -0.2) is 39.9 Å². The molecule has 116 valence electrons. The maximum atomic E-state index is 12.5. The summed E-state index contributed by atoms with van der Waals surface area (Å²) in [6.07, 6.45) is 4.22. The van der Waals surface area contributed by atoms with E-state index in [1.54, 1.807) is 13.1 Å². The van der Waals surface area contributed by atoms with E-state index in [2.05, 4.69) is 10.2 Å². The van der Waals surface area contributed by atoms with Gasteiger partial charge in [0.2, 0.25) is 5.91 Å². The van der Waals surface area contributed by atoms with Gasteiger partial charge in [0.1, 0.15) is 0 Å². The number of nitrogens with zero attached hydrogens (tertiary/aromatic N) is 2. The fourth-order valence-corrected chi connectivity index (χ4v) is 3.71. The molecule has 3 rings (SSSR count). The summed E-state index contributed by atoms with van der Waals surface area (Å²) < 4.78 is 0. The summed E-state index contributed by atoms with van der Waals surface area (Å²) in [7, 11) is 0. The second-order valence-corrected chi connectivity index (χ2v) is 6.65. The number of amides is 1. The van der Waals surface area contributed by atoms with Crippen molar-refractivity contribution in [1.29, 1.82) is 0 Å². The number of likely N-dealkylation sites (tertiary alicyclic amines) is 1. The Morgan fingerprint density at radius 3 is 3.05 bits per heavy atom. The van der Waals surface area contributed by atoms with E-state index in [-0.39, 0.29) is 11.7 Å². The summed E-state index contributed by atoms with van der Waals surface area (Å²) in [6.45, 7) is 3.11. The number of carbonyl (C=O) groups is 2. The molecule has 1 amide bonds.